The fraction of sp³-hybridized carbons (Fsp3) is 0.500. The third-order valence-corrected chi connectivity index (χ3v) is 3.15. The molecule has 21 heavy (non-hydrogen) atoms. The molecule has 114 valence electrons. The number of ketones is 2. The van der Waals surface area contributed by atoms with Crippen molar-refractivity contribution in [3.63, 3.8) is 0 Å². The molecule has 0 saturated carbocycles. The Labute approximate surface area is 124 Å². The molecule has 0 aliphatic heterocycles. The molecule has 0 saturated heterocycles. The number of Topliss-reactive ketones (excluding diaryl/α,β-unsaturated/α-hetero) is 2. The summed E-state index contributed by atoms with van der Waals surface area (Å²) in [6.07, 6.45) is 4.14. The van der Waals surface area contributed by atoms with E-state index < -0.39 is 5.92 Å². The summed E-state index contributed by atoms with van der Waals surface area (Å²) < 4.78 is 4.83. The second kappa shape index (κ2) is 8.29. The predicted molar refractivity (Wildman–Crippen MR) is 78.0 cm³/mol. The van der Waals surface area contributed by atoms with E-state index in [4.69, 9.17) is 4.74 Å². The number of esters is 1. The van der Waals surface area contributed by atoms with Crippen LogP contribution in [0.1, 0.15) is 49.0 Å². The molecule has 1 atom stereocenters. The summed E-state index contributed by atoms with van der Waals surface area (Å²) in [5.74, 6) is -1.44. The number of hydrogen-bond donors (Lipinski definition) is 0. The highest BCUT2D eigenvalue weighted by molar-refractivity contribution is 6.09. The van der Waals surface area contributed by atoms with Crippen molar-refractivity contribution < 1.29 is 19.1 Å². The van der Waals surface area contributed by atoms with Gasteiger partial charge in [-0.2, -0.15) is 0 Å². The normalized spacial score (nSPS) is 11.8. The van der Waals surface area contributed by atoms with Gasteiger partial charge in [-0.3, -0.25) is 19.4 Å². The van der Waals surface area contributed by atoms with Gasteiger partial charge >= 0.3 is 5.97 Å². The van der Waals surface area contributed by atoms with E-state index in [9.17, 15) is 14.4 Å². The van der Waals surface area contributed by atoms with Gasteiger partial charge in [0.05, 0.1) is 12.5 Å². The lowest BCUT2D eigenvalue weighted by Gasteiger charge is -2.12. The van der Waals surface area contributed by atoms with E-state index in [2.05, 4.69) is 4.98 Å². The van der Waals surface area contributed by atoms with Gasteiger partial charge in [0.15, 0.2) is 5.78 Å². The molecule has 1 aromatic rings. The maximum Gasteiger partial charge on any atom is 0.305 e. The Balaban J connectivity index is 2.67. The Morgan fingerprint density at radius 2 is 2.00 bits per heavy atom. The van der Waals surface area contributed by atoms with E-state index in [1.807, 2.05) is 6.92 Å². The summed E-state index contributed by atoms with van der Waals surface area (Å²) in [6, 6.07) is 1.72. The van der Waals surface area contributed by atoms with Crippen molar-refractivity contribution in [3.05, 3.63) is 29.6 Å². The predicted octanol–water partition coefficient (Wildman–Crippen LogP) is 2.51. The van der Waals surface area contributed by atoms with Crippen LogP contribution >= 0.6 is 0 Å². The van der Waals surface area contributed by atoms with Crippen LogP contribution in [0.4, 0.5) is 0 Å². The molecule has 0 aromatic carbocycles. The summed E-state index contributed by atoms with van der Waals surface area (Å²) in [5.41, 5.74) is 1.31. The number of rotatable bonds is 8. The van der Waals surface area contributed by atoms with Crippen LogP contribution in [0.25, 0.3) is 0 Å². The third kappa shape index (κ3) is 5.45. The van der Waals surface area contributed by atoms with Crippen molar-refractivity contribution in [1.29, 1.82) is 0 Å². The van der Waals surface area contributed by atoms with Crippen LogP contribution in [0.2, 0.25) is 0 Å². The lowest BCUT2D eigenvalue weighted by molar-refractivity contribution is -0.143. The number of aryl methyl sites for hydroxylation is 1. The molecule has 1 aromatic heterocycles. The molecular weight excluding hydrogens is 270 g/mol. The maximum atomic E-state index is 12.4. The average Bonchev–Trinajstić information content (AvgIpc) is 2.43. The summed E-state index contributed by atoms with van der Waals surface area (Å²) in [7, 11) is 0. The molecule has 1 heterocycles. The lowest BCUT2D eigenvalue weighted by atomic mass is 9.90. The first-order chi connectivity index (χ1) is 9.95. The van der Waals surface area contributed by atoms with E-state index >= 15 is 0 Å². The van der Waals surface area contributed by atoms with Gasteiger partial charge in [0.25, 0.3) is 0 Å². The van der Waals surface area contributed by atoms with Crippen molar-refractivity contribution in [2.24, 2.45) is 5.92 Å². The SMILES string of the molecule is CCOC(=O)CCCC(C(C)=O)C(=O)c1cncc(C)c1. The van der Waals surface area contributed by atoms with Crippen molar-refractivity contribution >= 4 is 17.5 Å². The largest absolute Gasteiger partial charge is 0.466 e. The van der Waals surface area contributed by atoms with E-state index in [1.54, 1.807) is 19.2 Å². The fourth-order valence-corrected chi connectivity index (χ4v) is 2.09. The molecule has 5 nitrogen and oxygen atoms in total. The molecule has 0 radical (unpaired) electrons. The minimum atomic E-state index is -0.719. The molecule has 0 aliphatic rings. The van der Waals surface area contributed by atoms with Gasteiger partial charge in [-0.25, -0.2) is 0 Å². The summed E-state index contributed by atoms with van der Waals surface area (Å²) in [4.78, 5) is 39.3. The first-order valence-electron chi connectivity index (χ1n) is 7.07. The van der Waals surface area contributed by atoms with Gasteiger partial charge in [0.1, 0.15) is 5.78 Å². The smallest absolute Gasteiger partial charge is 0.305 e. The van der Waals surface area contributed by atoms with E-state index in [0.717, 1.165) is 5.56 Å². The summed E-state index contributed by atoms with van der Waals surface area (Å²) in [6.45, 7) is 5.32. The number of hydrogen-bond acceptors (Lipinski definition) is 5. The van der Waals surface area contributed by atoms with E-state index in [-0.39, 0.29) is 24.0 Å². The van der Waals surface area contributed by atoms with Gasteiger partial charge in [-0.1, -0.05) is 0 Å². The molecule has 1 unspecified atom stereocenters. The lowest BCUT2D eigenvalue weighted by Crippen LogP contribution is -2.23. The zero-order chi connectivity index (χ0) is 15.8. The molecule has 0 N–H and O–H groups in total. The number of nitrogens with zero attached hydrogens (tertiary/aromatic N) is 1. The minimum absolute atomic E-state index is 0.189. The highest BCUT2D eigenvalue weighted by Crippen LogP contribution is 2.17. The number of pyridine rings is 1. The number of carbonyl (C=O) groups excluding carboxylic acids is 3. The monoisotopic (exact) mass is 291 g/mol. The van der Waals surface area contributed by atoms with E-state index in [0.29, 0.717) is 25.0 Å². The summed E-state index contributed by atoms with van der Waals surface area (Å²) in [5, 5.41) is 0. The quantitative estimate of drug-likeness (QED) is 0.418. The van der Waals surface area contributed by atoms with Gasteiger partial charge in [0, 0.05) is 24.4 Å². The molecule has 0 amide bonds. The molecule has 0 bridgehead atoms. The van der Waals surface area contributed by atoms with Crippen LogP contribution < -0.4 is 0 Å². The zero-order valence-electron chi connectivity index (χ0n) is 12.7. The zero-order valence-corrected chi connectivity index (χ0v) is 12.7. The standard InChI is InChI=1S/C16H21NO4/c1-4-21-15(19)7-5-6-14(12(3)18)16(20)13-8-11(2)9-17-10-13/h8-10,14H,4-7H2,1-3H3. The van der Waals surface area contributed by atoms with Crippen LogP contribution in [0.5, 0.6) is 0 Å². The third-order valence-electron chi connectivity index (χ3n) is 3.15. The van der Waals surface area contributed by atoms with Gasteiger partial charge in [-0.15, -0.1) is 0 Å². The van der Waals surface area contributed by atoms with Crippen LogP contribution in [0.15, 0.2) is 18.5 Å². The second-order valence-corrected chi connectivity index (χ2v) is 4.98. The van der Waals surface area contributed by atoms with Gasteiger partial charge < -0.3 is 4.74 Å². The maximum absolute atomic E-state index is 12.4. The molecule has 1 rings (SSSR count). The van der Waals surface area contributed by atoms with E-state index in [1.165, 1.54) is 13.1 Å². The number of ether oxygens (including phenoxy) is 1. The van der Waals surface area contributed by atoms with Crippen LogP contribution in [0, 0.1) is 12.8 Å². The highest BCUT2D eigenvalue weighted by atomic mass is 16.5. The Kier molecular flexibility index (Phi) is 6.72. The number of aromatic nitrogens is 1. The molecule has 0 spiro atoms. The van der Waals surface area contributed by atoms with Crippen LogP contribution in [0.3, 0.4) is 0 Å². The van der Waals surface area contributed by atoms with Gasteiger partial charge in [0.2, 0.25) is 0 Å². The fourth-order valence-electron chi connectivity index (χ4n) is 2.09. The Morgan fingerprint density at radius 3 is 2.57 bits per heavy atom. The average molecular weight is 291 g/mol. The van der Waals surface area contributed by atoms with Crippen molar-refractivity contribution in [1.82, 2.24) is 4.98 Å². The second-order valence-electron chi connectivity index (χ2n) is 4.98. The van der Waals surface area contributed by atoms with Gasteiger partial charge in [-0.05, 0) is 45.2 Å². The Bertz CT molecular complexity index is 525. The molecule has 0 fully saturated rings. The first kappa shape index (κ1) is 17.0. The first-order valence-corrected chi connectivity index (χ1v) is 7.07. The van der Waals surface area contributed by atoms with Crippen LogP contribution in [-0.4, -0.2) is 29.1 Å². The Hall–Kier alpha value is -2.04. The molecular formula is C16H21NO4. The minimum Gasteiger partial charge on any atom is -0.466 e. The highest BCUT2D eigenvalue weighted by Gasteiger charge is 2.24. The van der Waals surface area contributed by atoms with Crippen molar-refractivity contribution in [2.75, 3.05) is 6.61 Å². The molecule has 0 aliphatic carbocycles. The van der Waals surface area contributed by atoms with Crippen molar-refractivity contribution in [3.8, 4) is 0 Å². The van der Waals surface area contributed by atoms with Crippen molar-refractivity contribution in [2.45, 2.75) is 40.0 Å². The molecule has 5 heteroatoms. The number of carbonyl (C=O) groups is 3. The summed E-state index contributed by atoms with van der Waals surface area (Å²) >= 11 is 0. The van der Waals surface area contributed by atoms with Crippen LogP contribution in [-0.2, 0) is 14.3 Å². The topological polar surface area (TPSA) is 73.3 Å². The Morgan fingerprint density at radius 1 is 1.29 bits per heavy atom.